The van der Waals surface area contributed by atoms with Gasteiger partial charge >= 0.3 is 0 Å². The van der Waals surface area contributed by atoms with E-state index >= 15 is 0 Å². The number of anilines is 1. The Labute approximate surface area is 122 Å². The minimum atomic E-state index is 0.0380. The van der Waals surface area contributed by atoms with Gasteiger partial charge in [0.1, 0.15) is 0 Å². The molecule has 104 valence electrons. The lowest BCUT2D eigenvalue weighted by Crippen LogP contribution is -2.35. The molecule has 1 aromatic rings. The van der Waals surface area contributed by atoms with Crippen molar-refractivity contribution in [1.82, 2.24) is 5.32 Å². The van der Waals surface area contributed by atoms with Gasteiger partial charge in [0.2, 0.25) is 5.91 Å². The fourth-order valence-electron chi connectivity index (χ4n) is 2.45. The summed E-state index contributed by atoms with van der Waals surface area (Å²) >= 11 is 3.61. The van der Waals surface area contributed by atoms with Crippen LogP contribution in [0, 0.1) is 0 Å². The molecule has 19 heavy (non-hydrogen) atoms. The van der Waals surface area contributed by atoms with Gasteiger partial charge in [-0.3, -0.25) is 4.79 Å². The highest BCUT2D eigenvalue weighted by Crippen LogP contribution is 2.31. The van der Waals surface area contributed by atoms with E-state index in [0.717, 1.165) is 35.2 Å². The molecule has 0 saturated carbocycles. The molecule has 0 bridgehead atoms. The maximum Gasteiger partial charge on any atom is 0.217 e. The van der Waals surface area contributed by atoms with Crippen LogP contribution in [0.5, 0.6) is 0 Å². The fraction of sp³-hybridized carbons (Fsp3) is 0.500. The summed E-state index contributed by atoms with van der Waals surface area (Å²) in [6.07, 6.45) is 0.987. The quantitative estimate of drug-likeness (QED) is 0.895. The molecule has 4 nitrogen and oxygen atoms in total. The van der Waals surface area contributed by atoms with E-state index in [9.17, 15) is 4.79 Å². The van der Waals surface area contributed by atoms with Crippen molar-refractivity contribution >= 4 is 27.5 Å². The van der Waals surface area contributed by atoms with Crippen LogP contribution in [0.25, 0.3) is 0 Å². The number of rotatable bonds is 3. The molecule has 1 saturated heterocycles. The molecule has 5 heteroatoms. The largest absolute Gasteiger partial charge is 0.368 e. The van der Waals surface area contributed by atoms with Gasteiger partial charge < -0.3 is 16.0 Å². The van der Waals surface area contributed by atoms with Gasteiger partial charge in [-0.1, -0.05) is 6.07 Å². The summed E-state index contributed by atoms with van der Waals surface area (Å²) in [5.41, 5.74) is 8.16. The van der Waals surface area contributed by atoms with Gasteiger partial charge in [0, 0.05) is 36.6 Å². The molecule has 3 N–H and O–H groups in total. The molecule has 1 unspecified atom stereocenters. The van der Waals surface area contributed by atoms with Gasteiger partial charge in [0.25, 0.3) is 0 Å². The Kier molecular flexibility index (Phi) is 4.47. The molecule has 1 fully saturated rings. The molecule has 1 heterocycles. The fourth-order valence-corrected chi connectivity index (χ4v) is 3.09. The van der Waals surface area contributed by atoms with Crippen molar-refractivity contribution in [3.8, 4) is 0 Å². The number of carbonyl (C=O) groups excluding carboxylic acids is 1. The van der Waals surface area contributed by atoms with Crippen molar-refractivity contribution in [1.29, 1.82) is 0 Å². The highest BCUT2D eigenvalue weighted by Gasteiger charge is 2.24. The Morgan fingerprint density at radius 2 is 2.32 bits per heavy atom. The number of hydrogen-bond acceptors (Lipinski definition) is 3. The first-order valence-corrected chi connectivity index (χ1v) is 7.33. The highest BCUT2D eigenvalue weighted by atomic mass is 79.9. The zero-order valence-electron chi connectivity index (χ0n) is 11.3. The van der Waals surface area contributed by atoms with E-state index in [0.29, 0.717) is 0 Å². The van der Waals surface area contributed by atoms with E-state index in [1.165, 1.54) is 0 Å². The van der Waals surface area contributed by atoms with Gasteiger partial charge in [0.05, 0.1) is 5.69 Å². The Balaban J connectivity index is 2.09. The Morgan fingerprint density at radius 3 is 2.89 bits per heavy atom. The second-order valence-electron chi connectivity index (χ2n) is 5.13. The molecule has 0 radical (unpaired) electrons. The van der Waals surface area contributed by atoms with E-state index in [1.54, 1.807) is 6.92 Å². The third-order valence-corrected chi connectivity index (χ3v) is 4.07. The van der Waals surface area contributed by atoms with Crippen LogP contribution in [-0.4, -0.2) is 25.0 Å². The summed E-state index contributed by atoms with van der Waals surface area (Å²) in [7, 11) is 0. The van der Waals surface area contributed by atoms with Crippen molar-refractivity contribution in [2.45, 2.75) is 32.4 Å². The molecule has 1 aromatic carbocycles. The molecule has 0 spiro atoms. The van der Waals surface area contributed by atoms with E-state index in [-0.39, 0.29) is 18.0 Å². The molecular weight excluding hydrogens is 306 g/mol. The minimum Gasteiger partial charge on any atom is -0.368 e. The number of nitrogens with zero attached hydrogens (tertiary/aromatic N) is 1. The minimum absolute atomic E-state index is 0.0380. The molecule has 1 aliphatic rings. The van der Waals surface area contributed by atoms with Crippen LogP contribution in [0.2, 0.25) is 0 Å². The number of nitrogens with two attached hydrogens (primary N) is 1. The van der Waals surface area contributed by atoms with Crippen LogP contribution < -0.4 is 16.0 Å². The third kappa shape index (κ3) is 3.48. The van der Waals surface area contributed by atoms with E-state index in [2.05, 4.69) is 44.3 Å². The second kappa shape index (κ2) is 5.92. The summed E-state index contributed by atoms with van der Waals surface area (Å²) in [5, 5.41) is 2.97. The monoisotopic (exact) mass is 325 g/mol. The van der Waals surface area contributed by atoms with Gasteiger partial charge in [-0.05, 0) is 47.0 Å². The second-order valence-corrected chi connectivity index (χ2v) is 5.99. The predicted molar refractivity (Wildman–Crippen MR) is 81.2 cm³/mol. The number of benzene rings is 1. The number of nitrogens with one attached hydrogen (secondary N) is 1. The third-order valence-electron chi connectivity index (χ3n) is 3.43. The van der Waals surface area contributed by atoms with Crippen LogP contribution in [0.4, 0.5) is 5.69 Å². The molecular formula is C14H20BrN3O. The van der Waals surface area contributed by atoms with Crippen molar-refractivity contribution in [2.24, 2.45) is 5.73 Å². The predicted octanol–water partition coefficient (Wildman–Crippen LogP) is 2.18. The van der Waals surface area contributed by atoms with Gasteiger partial charge in [-0.25, -0.2) is 0 Å². The van der Waals surface area contributed by atoms with Crippen LogP contribution in [0.1, 0.15) is 31.9 Å². The normalized spacial score (nSPS) is 20.4. The first-order valence-electron chi connectivity index (χ1n) is 6.54. The smallest absolute Gasteiger partial charge is 0.217 e. The summed E-state index contributed by atoms with van der Waals surface area (Å²) in [5.74, 6) is 0.0400. The van der Waals surface area contributed by atoms with Crippen LogP contribution in [0.3, 0.4) is 0 Å². The molecule has 2 atom stereocenters. The molecule has 1 aliphatic heterocycles. The molecule has 0 aliphatic carbocycles. The van der Waals surface area contributed by atoms with Crippen molar-refractivity contribution in [3.63, 3.8) is 0 Å². The summed E-state index contributed by atoms with van der Waals surface area (Å²) < 4.78 is 1.06. The van der Waals surface area contributed by atoms with E-state index in [1.807, 2.05) is 6.92 Å². The average Bonchev–Trinajstić information content (AvgIpc) is 2.76. The molecule has 1 amide bonds. The summed E-state index contributed by atoms with van der Waals surface area (Å²) in [6, 6.07) is 6.52. The number of amides is 1. The van der Waals surface area contributed by atoms with Crippen molar-refractivity contribution in [2.75, 3.05) is 18.0 Å². The maximum atomic E-state index is 11.1. The number of hydrogen-bond donors (Lipinski definition) is 2. The summed E-state index contributed by atoms with van der Waals surface area (Å²) in [6.45, 7) is 5.36. The first-order chi connectivity index (χ1) is 8.97. The topological polar surface area (TPSA) is 58.4 Å². The average molecular weight is 326 g/mol. The van der Waals surface area contributed by atoms with E-state index in [4.69, 9.17) is 5.73 Å². The lowest BCUT2D eigenvalue weighted by molar-refractivity contribution is -0.119. The van der Waals surface area contributed by atoms with Crippen molar-refractivity contribution in [3.05, 3.63) is 28.2 Å². The Bertz CT molecular complexity index is 476. The Morgan fingerprint density at radius 1 is 1.58 bits per heavy atom. The summed E-state index contributed by atoms with van der Waals surface area (Å²) in [4.78, 5) is 13.4. The van der Waals surface area contributed by atoms with Gasteiger partial charge in [-0.15, -0.1) is 0 Å². The van der Waals surface area contributed by atoms with Crippen LogP contribution >= 0.6 is 15.9 Å². The lowest BCUT2D eigenvalue weighted by atomic mass is 10.1. The number of carbonyl (C=O) groups is 1. The Hall–Kier alpha value is -1.07. The van der Waals surface area contributed by atoms with Crippen molar-refractivity contribution < 1.29 is 4.79 Å². The zero-order valence-corrected chi connectivity index (χ0v) is 12.9. The zero-order chi connectivity index (χ0) is 14.0. The van der Waals surface area contributed by atoms with Crippen LogP contribution in [-0.2, 0) is 4.79 Å². The molecule has 2 rings (SSSR count). The SMILES string of the molecule is CC(=O)NC1CCN(c2ccc([C@@H](C)N)cc2Br)C1. The molecule has 0 aromatic heterocycles. The number of halogens is 1. The standard InChI is InChI=1S/C14H20BrN3O/c1-9(16)11-3-4-14(13(15)7-11)18-6-5-12(8-18)17-10(2)19/h3-4,7,9,12H,5-6,8,16H2,1-2H3,(H,17,19)/t9-,12?/m1/s1. The maximum absolute atomic E-state index is 11.1. The van der Waals surface area contributed by atoms with E-state index < -0.39 is 0 Å². The van der Waals surface area contributed by atoms with Gasteiger partial charge in [0.15, 0.2) is 0 Å². The lowest BCUT2D eigenvalue weighted by Gasteiger charge is -2.21. The van der Waals surface area contributed by atoms with Crippen LogP contribution in [0.15, 0.2) is 22.7 Å². The highest BCUT2D eigenvalue weighted by molar-refractivity contribution is 9.10. The first kappa shape index (κ1) is 14.3. The van der Waals surface area contributed by atoms with Gasteiger partial charge in [-0.2, -0.15) is 0 Å².